The van der Waals surface area contributed by atoms with Gasteiger partial charge in [0.05, 0.1) is 13.7 Å². The molecule has 3 aromatic carbocycles. The number of methoxy groups -OCH3 is 1. The van der Waals surface area contributed by atoms with E-state index in [0.29, 0.717) is 27.1 Å². The Labute approximate surface area is 198 Å². The number of rotatable bonds is 7. The fraction of sp³-hybridized carbons (Fsp3) is 0.120. The first-order valence-electron chi connectivity index (χ1n) is 10.1. The van der Waals surface area contributed by atoms with Crippen molar-refractivity contribution in [2.75, 3.05) is 7.11 Å². The predicted molar refractivity (Wildman–Crippen MR) is 125 cm³/mol. The molecule has 1 heterocycles. The van der Waals surface area contributed by atoms with Gasteiger partial charge in [-0.2, -0.15) is 0 Å². The van der Waals surface area contributed by atoms with Crippen LogP contribution in [0.1, 0.15) is 16.7 Å². The van der Waals surface area contributed by atoms with Gasteiger partial charge in [0.2, 0.25) is 0 Å². The van der Waals surface area contributed by atoms with Crippen molar-refractivity contribution in [1.29, 1.82) is 0 Å². The molecule has 0 atom stereocenters. The number of imide groups is 1. The van der Waals surface area contributed by atoms with Crippen molar-refractivity contribution in [1.82, 2.24) is 10.2 Å². The molecule has 6 nitrogen and oxygen atoms in total. The smallest absolute Gasteiger partial charge is 0.329 e. The molecule has 0 radical (unpaired) electrons. The third kappa shape index (κ3) is 5.06. The number of urea groups is 1. The molecule has 8 heteroatoms. The number of hydrogen-bond donors (Lipinski definition) is 1. The fourth-order valence-electron chi connectivity index (χ4n) is 3.34. The van der Waals surface area contributed by atoms with Crippen molar-refractivity contribution in [2.24, 2.45) is 0 Å². The van der Waals surface area contributed by atoms with Crippen LogP contribution in [0.25, 0.3) is 6.08 Å². The zero-order chi connectivity index (χ0) is 23.4. The third-order valence-corrected chi connectivity index (χ3v) is 5.76. The van der Waals surface area contributed by atoms with Crippen molar-refractivity contribution in [2.45, 2.75) is 13.2 Å². The molecular weight excluding hydrogens is 491 g/mol. The topological polar surface area (TPSA) is 67.9 Å². The number of ether oxygens (including phenoxy) is 2. The van der Waals surface area contributed by atoms with Gasteiger partial charge >= 0.3 is 6.03 Å². The second kappa shape index (κ2) is 9.87. The molecule has 3 aromatic rings. The second-order valence-corrected chi connectivity index (χ2v) is 8.12. The summed E-state index contributed by atoms with van der Waals surface area (Å²) in [7, 11) is 1.49. The molecule has 1 fully saturated rings. The summed E-state index contributed by atoms with van der Waals surface area (Å²) in [5, 5.41) is 2.62. The summed E-state index contributed by atoms with van der Waals surface area (Å²) >= 11 is 3.47. The molecular formula is C25H20BrFN2O4. The Balaban J connectivity index is 1.54. The number of amides is 3. The van der Waals surface area contributed by atoms with Crippen LogP contribution in [0.4, 0.5) is 9.18 Å². The average Bonchev–Trinajstić information content (AvgIpc) is 3.08. The van der Waals surface area contributed by atoms with Crippen LogP contribution in [0, 0.1) is 5.82 Å². The van der Waals surface area contributed by atoms with Crippen LogP contribution in [-0.4, -0.2) is 23.9 Å². The Morgan fingerprint density at radius 1 is 1.03 bits per heavy atom. The van der Waals surface area contributed by atoms with Gasteiger partial charge in [-0.15, -0.1) is 0 Å². The Kier molecular flexibility index (Phi) is 6.74. The summed E-state index contributed by atoms with van der Waals surface area (Å²) in [6, 6.07) is 18.5. The summed E-state index contributed by atoms with van der Waals surface area (Å²) in [5.74, 6) is 0.0311. The van der Waals surface area contributed by atoms with Crippen LogP contribution in [0.2, 0.25) is 0 Å². The summed E-state index contributed by atoms with van der Waals surface area (Å²) in [6.07, 6.45) is 1.57. The van der Waals surface area contributed by atoms with Crippen molar-refractivity contribution < 1.29 is 23.5 Å². The van der Waals surface area contributed by atoms with E-state index in [0.717, 1.165) is 10.5 Å². The standard InChI is InChI=1S/C25H20BrFN2O4/c1-32-22-12-18(19(26)13-23(22)33-15-17-9-5-6-10-20(17)27)11-21-24(30)29(25(31)28-21)14-16-7-3-2-4-8-16/h2-13H,14-15H2,1H3,(H,28,31)/b21-11+. The van der Waals surface area contributed by atoms with Crippen LogP contribution < -0.4 is 14.8 Å². The van der Waals surface area contributed by atoms with Crippen LogP contribution in [-0.2, 0) is 17.9 Å². The fourth-order valence-corrected chi connectivity index (χ4v) is 3.78. The second-order valence-electron chi connectivity index (χ2n) is 7.27. The van der Waals surface area contributed by atoms with Crippen LogP contribution >= 0.6 is 15.9 Å². The first-order valence-corrected chi connectivity index (χ1v) is 10.9. The number of nitrogens with zero attached hydrogens (tertiary/aromatic N) is 1. The normalized spacial score (nSPS) is 14.5. The highest BCUT2D eigenvalue weighted by Gasteiger charge is 2.33. The Morgan fingerprint density at radius 2 is 1.76 bits per heavy atom. The number of halogens is 2. The molecule has 0 spiro atoms. The highest BCUT2D eigenvalue weighted by Crippen LogP contribution is 2.35. The van der Waals surface area contributed by atoms with Crippen LogP contribution in [0.5, 0.6) is 11.5 Å². The molecule has 3 amide bonds. The lowest BCUT2D eigenvalue weighted by Crippen LogP contribution is -2.30. The quantitative estimate of drug-likeness (QED) is 0.347. The minimum Gasteiger partial charge on any atom is -0.493 e. The van der Waals surface area contributed by atoms with Gasteiger partial charge in [0, 0.05) is 10.0 Å². The van der Waals surface area contributed by atoms with E-state index in [4.69, 9.17) is 9.47 Å². The van der Waals surface area contributed by atoms with E-state index in [1.54, 1.807) is 36.4 Å². The number of benzene rings is 3. The lowest BCUT2D eigenvalue weighted by Gasteiger charge is -2.13. The molecule has 168 valence electrons. The van der Waals surface area contributed by atoms with Gasteiger partial charge in [-0.05, 0) is 35.4 Å². The predicted octanol–water partition coefficient (Wildman–Crippen LogP) is 5.27. The highest BCUT2D eigenvalue weighted by atomic mass is 79.9. The van der Waals surface area contributed by atoms with Gasteiger partial charge < -0.3 is 14.8 Å². The zero-order valence-electron chi connectivity index (χ0n) is 17.7. The van der Waals surface area contributed by atoms with Gasteiger partial charge in [-0.3, -0.25) is 9.69 Å². The molecule has 1 saturated heterocycles. The van der Waals surface area contributed by atoms with E-state index in [-0.39, 0.29) is 24.7 Å². The van der Waals surface area contributed by atoms with Gasteiger partial charge in [0.1, 0.15) is 18.1 Å². The summed E-state index contributed by atoms with van der Waals surface area (Å²) < 4.78 is 25.7. The summed E-state index contributed by atoms with van der Waals surface area (Å²) in [6.45, 7) is 0.203. The highest BCUT2D eigenvalue weighted by molar-refractivity contribution is 9.10. The Bertz CT molecular complexity index is 1230. The number of carbonyl (C=O) groups excluding carboxylic acids is 2. The monoisotopic (exact) mass is 510 g/mol. The minimum absolute atomic E-state index is 0.0267. The number of carbonyl (C=O) groups is 2. The molecule has 1 N–H and O–H groups in total. The van der Waals surface area contributed by atoms with E-state index >= 15 is 0 Å². The van der Waals surface area contributed by atoms with E-state index < -0.39 is 11.9 Å². The molecule has 0 unspecified atom stereocenters. The minimum atomic E-state index is -0.483. The summed E-state index contributed by atoms with van der Waals surface area (Å²) in [5.41, 5.74) is 2.02. The third-order valence-electron chi connectivity index (χ3n) is 5.07. The Hall–Kier alpha value is -3.65. The molecule has 0 aromatic heterocycles. The van der Waals surface area contributed by atoms with Gasteiger partial charge in [-0.25, -0.2) is 9.18 Å². The average molecular weight is 511 g/mol. The molecule has 0 saturated carbocycles. The van der Waals surface area contributed by atoms with E-state index in [9.17, 15) is 14.0 Å². The van der Waals surface area contributed by atoms with Crippen LogP contribution in [0.15, 0.2) is 76.9 Å². The maximum Gasteiger partial charge on any atom is 0.329 e. The lowest BCUT2D eigenvalue weighted by molar-refractivity contribution is -0.123. The maximum absolute atomic E-state index is 13.9. The van der Waals surface area contributed by atoms with Crippen molar-refractivity contribution in [3.05, 3.63) is 99.4 Å². The van der Waals surface area contributed by atoms with E-state index in [1.165, 1.54) is 13.2 Å². The lowest BCUT2D eigenvalue weighted by atomic mass is 10.1. The SMILES string of the molecule is COc1cc(/C=C2/NC(=O)N(Cc3ccccc3)C2=O)c(Br)cc1OCc1ccccc1F. The van der Waals surface area contributed by atoms with Crippen LogP contribution in [0.3, 0.4) is 0 Å². The first kappa shape index (κ1) is 22.5. The van der Waals surface area contributed by atoms with Gasteiger partial charge in [0.15, 0.2) is 11.5 Å². The summed E-state index contributed by atoms with van der Waals surface area (Å²) in [4.78, 5) is 26.3. The van der Waals surface area contributed by atoms with E-state index in [2.05, 4.69) is 21.2 Å². The van der Waals surface area contributed by atoms with Crippen molar-refractivity contribution in [3.63, 3.8) is 0 Å². The van der Waals surface area contributed by atoms with Crippen molar-refractivity contribution in [3.8, 4) is 11.5 Å². The largest absolute Gasteiger partial charge is 0.493 e. The van der Waals surface area contributed by atoms with Crippen molar-refractivity contribution >= 4 is 33.9 Å². The number of nitrogens with one attached hydrogen (secondary N) is 1. The molecule has 4 rings (SSSR count). The van der Waals surface area contributed by atoms with Gasteiger partial charge in [0.25, 0.3) is 5.91 Å². The molecule has 1 aliphatic rings. The molecule has 1 aliphatic heterocycles. The zero-order valence-corrected chi connectivity index (χ0v) is 19.3. The molecule has 0 aliphatic carbocycles. The molecule has 0 bridgehead atoms. The Morgan fingerprint density at radius 3 is 2.48 bits per heavy atom. The van der Waals surface area contributed by atoms with E-state index in [1.807, 2.05) is 30.3 Å². The first-order chi connectivity index (χ1) is 16.0. The van der Waals surface area contributed by atoms with Gasteiger partial charge in [-0.1, -0.05) is 64.5 Å². The maximum atomic E-state index is 13.9. The molecule has 33 heavy (non-hydrogen) atoms. The number of hydrogen-bond acceptors (Lipinski definition) is 4.